The van der Waals surface area contributed by atoms with Crippen molar-refractivity contribution in [2.45, 2.75) is 6.92 Å². The van der Waals surface area contributed by atoms with Crippen molar-refractivity contribution in [3.8, 4) is 5.75 Å². The number of ether oxygens (including phenoxy) is 1. The Balaban J connectivity index is 0.00000256. The second-order valence-electron chi connectivity index (χ2n) is 3.01. The molecule has 0 aliphatic carbocycles. The molecule has 0 radical (unpaired) electrons. The molecule has 17 heavy (non-hydrogen) atoms. The minimum atomic E-state index is -0.338. The number of aryl methyl sites for hydroxylation is 1. The number of carbonyl (C=O) groups is 1. The third-order valence-corrected chi connectivity index (χ3v) is 1.96. The van der Waals surface area contributed by atoms with Crippen molar-refractivity contribution in [1.29, 1.82) is 0 Å². The zero-order valence-corrected chi connectivity index (χ0v) is 14.4. The second kappa shape index (κ2) is 9.20. The first-order chi connectivity index (χ1) is 7.59. The van der Waals surface area contributed by atoms with Crippen molar-refractivity contribution in [3.63, 3.8) is 0 Å². The summed E-state index contributed by atoms with van der Waals surface area (Å²) in [6, 6.07) is 7.45. The quantitative estimate of drug-likeness (QED) is 0.288. The summed E-state index contributed by atoms with van der Waals surface area (Å²) >= 11 is 9.12. The zero-order chi connectivity index (χ0) is 12.0. The van der Waals surface area contributed by atoms with Gasteiger partial charge in [-0.3, -0.25) is 10.2 Å². The molecule has 4 nitrogen and oxygen atoms in total. The van der Waals surface area contributed by atoms with Crippen molar-refractivity contribution >= 4 is 35.1 Å². The van der Waals surface area contributed by atoms with Gasteiger partial charge in [0.05, 0.1) is 0 Å². The SMILES string of the molecule is Cc1ccccc1OCC(=O)NNC(=S)[S-].[K+]. The number of hydrogen-bond acceptors (Lipinski definition) is 4. The molecule has 86 valence electrons. The minimum absolute atomic E-state index is 0. The predicted octanol–water partition coefficient (Wildman–Crippen LogP) is -2.17. The van der Waals surface area contributed by atoms with Gasteiger partial charge in [0.1, 0.15) is 5.75 Å². The van der Waals surface area contributed by atoms with Gasteiger partial charge in [0.25, 0.3) is 5.91 Å². The number of carbonyl (C=O) groups excluding carboxylic acids is 1. The van der Waals surface area contributed by atoms with Crippen LogP contribution in [0.25, 0.3) is 0 Å². The summed E-state index contributed by atoms with van der Waals surface area (Å²) in [5, 5.41) is 0. The van der Waals surface area contributed by atoms with Gasteiger partial charge in [-0.15, -0.1) is 0 Å². The molecule has 0 unspecified atom stereocenters. The largest absolute Gasteiger partial charge is 1.00 e. The normalized spacial score (nSPS) is 8.76. The van der Waals surface area contributed by atoms with E-state index in [1.54, 1.807) is 6.07 Å². The van der Waals surface area contributed by atoms with Crippen LogP contribution in [0.1, 0.15) is 5.56 Å². The fraction of sp³-hybridized carbons (Fsp3) is 0.200. The molecule has 0 atom stereocenters. The average Bonchev–Trinajstić information content (AvgIpc) is 2.25. The minimum Gasteiger partial charge on any atom is -0.483 e. The van der Waals surface area contributed by atoms with Crippen molar-refractivity contribution in [3.05, 3.63) is 29.8 Å². The fourth-order valence-corrected chi connectivity index (χ4v) is 1.12. The standard InChI is InChI=1S/C10H12N2O2S2.K/c1-7-4-2-3-5-8(7)14-6-9(13)11-12-10(15)16;/h2-5H,6H2,1H3,(H,11,13)(H2,12,15,16);/q;+1/p-1. The van der Waals surface area contributed by atoms with Crippen LogP contribution in [0.3, 0.4) is 0 Å². The van der Waals surface area contributed by atoms with E-state index in [0.29, 0.717) is 5.75 Å². The van der Waals surface area contributed by atoms with Gasteiger partial charge < -0.3 is 35.0 Å². The Kier molecular flexibility index (Phi) is 9.33. The molecule has 0 spiro atoms. The third kappa shape index (κ3) is 7.30. The first-order valence-corrected chi connectivity index (χ1v) is 5.35. The van der Waals surface area contributed by atoms with E-state index in [2.05, 4.69) is 35.7 Å². The number of amides is 1. The maximum atomic E-state index is 11.2. The van der Waals surface area contributed by atoms with E-state index in [0.717, 1.165) is 5.56 Å². The van der Waals surface area contributed by atoms with E-state index < -0.39 is 0 Å². The van der Waals surface area contributed by atoms with Gasteiger partial charge >= 0.3 is 51.4 Å². The van der Waals surface area contributed by atoms with Gasteiger partial charge in [0.2, 0.25) is 0 Å². The smallest absolute Gasteiger partial charge is 0.483 e. The number of hydrazine groups is 1. The predicted molar refractivity (Wildman–Crippen MR) is 67.9 cm³/mol. The third-order valence-electron chi connectivity index (χ3n) is 1.76. The Morgan fingerprint density at radius 2 is 2.06 bits per heavy atom. The van der Waals surface area contributed by atoms with E-state index >= 15 is 0 Å². The van der Waals surface area contributed by atoms with Crippen LogP contribution in [-0.2, 0) is 17.4 Å². The molecule has 1 amide bonds. The van der Waals surface area contributed by atoms with Crippen LogP contribution in [-0.4, -0.2) is 16.8 Å². The summed E-state index contributed by atoms with van der Waals surface area (Å²) in [6.45, 7) is 1.82. The van der Waals surface area contributed by atoms with Crippen LogP contribution in [0.5, 0.6) is 5.75 Å². The van der Waals surface area contributed by atoms with E-state index in [1.807, 2.05) is 25.1 Å². The molecule has 0 aromatic heterocycles. The summed E-state index contributed by atoms with van der Waals surface area (Å²) in [4.78, 5) is 11.2. The molecule has 0 fully saturated rings. The van der Waals surface area contributed by atoms with Gasteiger partial charge in [0.15, 0.2) is 6.61 Å². The van der Waals surface area contributed by atoms with E-state index in [4.69, 9.17) is 4.74 Å². The summed E-state index contributed by atoms with van der Waals surface area (Å²) < 4.78 is 5.39. The molecule has 0 saturated heterocycles. The van der Waals surface area contributed by atoms with E-state index in [-0.39, 0.29) is 68.2 Å². The number of thiocarbonyl (C=S) groups is 1. The molecule has 1 aromatic carbocycles. The van der Waals surface area contributed by atoms with Crippen LogP contribution < -0.4 is 67.0 Å². The molecule has 2 N–H and O–H groups in total. The van der Waals surface area contributed by atoms with Crippen LogP contribution >= 0.6 is 12.2 Å². The maximum absolute atomic E-state index is 11.2. The van der Waals surface area contributed by atoms with Crippen molar-refractivity contribution in [1.82, 2.24) is 10.9 Å². The molecule has 0 saturated carbocycles. The number of nitrogens with one attached hydrogen (secondary N) is 2. The first-order valence-electron chi connectivity index (χ1n) is 4.54. The molecule has 0 aliphatic heterocycles. The molecule has 1 aromatic rings. The summed E-state index contributed by atoms with van der Waals surface area (Å²) in [5.74, 6) is 0.342. The van der Waals surface area contributed by atoms with Gasteiger partial charge in [-0.25, -0.2) is 0 Å². The van der Waals surface area contributed by atoms with E-state index in [9.17, 15) is 4.79 Å². The molecule has 0 bridgehead atoms. The van der Waals surface area contributed by atoms with Gasteiger partial charge in [-0.05, 0) is 22.9 Å². The molecule has 7 heteroatoms. The molecular formula is C10H11KN2O2S2. The summed E-state index contributed by atoms with van der Waals surface area (Å²) in [7, 11) is 0. The number of rotatable bonds is 3. The topological polar surface area (TPSA) is 50.4 Å². The van der Waals surface area contributed by atoms with Gasteiger partial charge in [0, 0.05) is 0 Å². The van der Waals surface area contributed by atoms with Crippen LogP contribution in [0.15, 0.2) is 24.3 Å². The average molecular weight is 294 g/mol. The Morgan fingerprint density at radius 1 is 1.41 bits per heavy atom. The Hall–Kier alpha value is 0.236. The number of para-hydroxylation sites is 1. The maximum Gasteiger partial charge on any atom is 1.00 e. The molecular weight excluding hydrogens is 283 g/mol. The van der Waals surface area contributed by atoms with Crippen LogP contribution in [0.4, 0.5) is 0 Å². The monoisotopic (exact) mass is 294 g/mol. The molecule has 0 aliphatic rings. The van der Waals surface area contributed by atoms with Crippen LogP contribution in [0.2, 0.25) is 0 Å². The summed E-state index contributed by atoms with van der Waals surface area (Å²) in [6.07, 6.45) is 0. The number of hydrogen-bond donors (Lipinski definition) is 2. The van der Waals surface area contributed by atoms with Crippen LogP contribution in [0, 0.1) is 6.92 Å². The second-order valence-corrected chi connectivity index (χ2v) is 4.09. The number of benzene rings is 1. The summed E-state index contributed by atoms with van der Waals surface area (Å²) in [5.41, 5.74) is 5.65. The Bertz CT molecular complexity index is 402. The molecule has 0 heterocycles. The van der Waals surface area contributed by atoms with E-state index in [1.165, 1.54) is 0 Å². The fourth-order valence-electron chi connectivity index (χ4n) is 1.02. The Labute approximate surface area is 154 Å². The zero-order valence-electron chi connectivity index (χ0n) is 9.65. The Morgan fingerprint density at radius 3 is 2.65 bits per heavy atom. The van der Waals surface area contributed by atoms with Crippen molar-refractivity contribution in [2.75, 3.05) is 6.61 Å². The van der Waals surface area contributed by atoms with Crippen molar-refractivity contribution in [2.24, 2.45) is 0 Å². The van der Waals surface area contributed by atoms with Gasteiger partial charge in [-0.2, -0.15) is 0 Å². The van der Waals surface area contributed by atoms with Gasteiger partial charge in [-0.1, -0.05) is 18.2 Å². The first kappa shape index (κ1) is 17.2. The van der Waals surface area contributed by atoms with Crippen molar-refractivity contribution < 1.29 is 60.9 Å². The molecule has 1 rings (SSSR count).